The van der Waals surface area contributed by atoms with Gasteiger partial charge >= 0.3 is 0 Å². The molecule has 1 aliphatic rings. The molecule has 0 bridgehead atoms. The van der Waals surface area contributed by atoms with Gasteiger partial charge in [0.15, 0.2) is 5.60 Å². The van der Waals surface area contributed by atoms with E-state index in [1.807, 2.05) is 30.3 Å². The number of hydrogen-bond acceptors (Lipinski definition) is 4. The molecule has 6 heteroatoms. The van der Waals surface area contributed by atoms with Gasteiger partial charge in [-0.25, -0.2) is 0 Å². The first kappa shape index (κ1) is 20.0. The number of methoxy groups -OCH3 is 1. The van der Waals surface area contributed by atoms with Crippen molar-refractivity contribution in [2.75, 3.05) is 33.4 Å². The SMILES string of the molecule is COCC(=O)N1CCO[C@](Cc2ccc(-c3cccc(C)c3)cc2)(C(N)=O)C1. The van der Waals surface area contributed by atoms with E-state index in [0.717, 1.165) is 16.7 Å². The van der Waals surface area contributed by atoms with E-state index in [1.165, 1.54) is 12.7 Å². The van der Waals surface area contributed by atoms with Crippen LogP contribution in [0, 0.1) is 6.92 Å². The number of nitrogens with two attached hydrogens (primary N) is 1. The summed E-state index contributed by atoms with van der Waals surface area (Å²) in [7, 11) is 1.47. The van der Waals surface area contributed by atoms with Crippen LogP contribution in [0.1, 0.15) is 11.1 Å². The summed E-state index contributed by atoms with van der Waals surface area (Å²) >= 11 is 0. The molecule has 1 heterocycles. The molecule has 2 aromatic carbocycles. The van der Waals surface area contributed by atoms with Gasteiger partial charge in [0, 0.05) is 20.1 Å². The topological polar surface area (TPSA) is 81.9 Å². The highest BCUT2D eigenvalue weighted by Gasteiger charge is 2.43. The van der Waals surface area contributed by atoms with Crippen molar-refractivity contribution in [3.05, 3.63) is 59.7 Å². The van der Waals surface area contributed by atoms with Gasteiger partial charge in [-0.2, -0.15) is 0 Å². The summed E-state index contributed by atoms with van der Waals surface area (Å²) < 4.78 is 10.7. The Morgan fingerprint density at radius 2 is 1.93 bits per heavy atom. The lowest BCUT2D eigenvalue weighted by Crippen LogP contribution is -2.61. The summed E-state index contributed by atoms with van der Waals surface area (Å²) in [6, 6.07) is 16.3. The van der Waals surface area contributed by atoms with E-state index < -0.39 is 11.5 Å². The van der Waals surface area contributed by atoms with E-state index in [2.05, 4.69) is 25.1 Å². The number of ether oxygens (including phenoxy) is 2. The highest BCUT2D eigenvalue weighted by atomic mass is 16.5. The molecule has 2 amide bonds. The molecule has 1 aliphatic heterocycles. The van der Waals surface area contributed by atoms with Gasteiger partial charge < -0.3 is 20.1 Å². The lowest BCUT2D eigenvalue weighted by molar-refractivity contribution is -0.165. The van der Waals surface area contributed by atoms with Crippen molar-refractivity contribution in [3.8, 4) is 11.1 Å². The molecule has 3 rings (SSSR count). The van der Waals surface area contributed by atoms with Gasteiger partial charge in [-0.05, 0) is 23.6 Å². The first-order valence-electron chi connectivity index (χ1n) is 9.30. The highest BCUT2D eigenvalue weighted by Crippen LogP contribution is 2.26. The molecule has 2 N–H and O–H groups in total. The molecular formula is C22H26N2O4. The number of carbonyl (C=O) groups is 2. The van der Waals surface area contributed by atoms with Crippen molar-refractivity contribution in [2.24, 2.45) is 5.73 Å². The van der Waals surface area contributed by atoms with Gasteiger partial charge in [0.2, 0.25) is 5.91 Å². The Morgan fingerprint density at radius 1 is 1.18 bits per heavy atom. The van der Waals surface area contributed by atoms with Crippen molar-refractivity contribution >= 4 is 11.8 Å². The molecule has 0 saturated carbocycles. The zero-order chi connectivity index (χ0) is 20.1. The molecule has 6 nitrogen and oxygen atoms in total. The average molecular weight is 382 g/mol. The summed E-state index contributed by atoms with van der Waals surface area (Å²) in [5.74, 6) is -0.739. The predicted octanol–water partition coefficient (Wildman–Crippen LogP) is 1.93. The second-order valence-corrected chi connectivity index (χ2v) is 7.20. The van der Waals surface area contributed by atoms with Gasteiger partial charge in [-0.3, -0.25) is 9.59 Å². The van der Waals surface area contributed by atoms with Crippen LogP contribution in [0.2, 0.25) is 0 Å². The highest BCUT2D eigenvalue weighted by molar-refractivity contribution is 5.86. The summed E-state index contributed by atoms with van der Waals surface area (Å²) in [4.78, 5) is 26.0. The van der Waals surface area contributed by atoms with Gasteiger partial charge in [-0.15, -0.1) is 0 Å². The summed E-state index contributed by atoms with van der Waals surface area (Å²) in [5, 5.41) is 0. The number of nitrogens with zero attached hydrogens (tertiary/aromatic N) is 1. The number of rotatable bonds is 6. The van der Waals surface area contributed by atoms with Crippen LogP contribution in [0.15, 0.2) is 48.5 Å². The molecule has 0 unspecified atom stereocenters. The van der Waals surface area contributed by atoms with Crippen LogP contribution in [0.25, 0.3) is 11.1 Å². The average Bonchev–Trinajstić information content (AvgIpc) is 2.69. The molecule has 0 spiro atoms. The Hall–Kier alpha value is -2.70. The number of amides is 2. The molecule has 28 heavy (non-hydrogen) atoms. The molecular weight excluding hydrogens is 356 g/mol. The van der Waals surface area contributed by atoms with Crippen LogP contribution < -0.4 is 5.73 Å². The standard InChI is InChI=1S/C22H26N2O4/c1-16-4-3-5-19(12-16)18-8-6-17(7-9-18)13-22(21(23)26)15-24(10-11-28-22)20(25)14-27-2/h3-9,12H,10-11,13-15H2,1-2H3,(H2,23,26)/t22-/m0/s1. The Morgan fingerprint density at radius 3 is 2.57 bits per heavy atom. The first-order chi connectivity index (χ1) is 13.4. The largest absolute Gasteiger partial charge is 0.375 e. The fourth-order valence-corrected chi connectivity index (χ4v) is 3.52. The Bertz CT molecular complexity index is 850. The van der Waals surface area contributed by atoms with Crippen LogP contribution in [-0.4, -0.2) is 55.7 Å². The fourth-order valence-electron chi connectivity index (χ4n) is 3.52. The molecule has 148 valence electrons. The van der Waals surface area contributed by atoms with E-state index in [1.54, 1.807) is 4.90 Å². The van der Waals surface area contributed by atoms with E-state index >= 15 is 0 Å². The third kappa shape index (κ3) is 4.40. The minimum Gasteiger partial charge on any atom is -0.375 e. The lowest BCUT2D eigenvalue weighted by atomic mass is 9.90. The molecule has 1 atom stereocenters. The summed E-state index contributed by atoms with van der Waals surface area (Å²) in [5.41, 5.74) is 8.83. The van der Waals surface area contributed by atoms with Crippen LogP contribution in [0.3, 0.4) is 0 Å². The maximum atomic E-state index is 12.3. The molecule has 0 radical (unpaired) electrons. The van der Waals surface area contributed by atoms with Crippen molar-refractivity contribution in [1.29, 1.82) is 0 Å². The van der Waals surface area contributed by atoms with Crippen LogP contribution in [-0.2, 0) is 25.5 Å². The zero-order valence-corrected chi connectivity index (χ0v) is 16.3. The number of aryl methyl sites for hydroxylation is 1. The van der Waals surface area contributed by atoms with Gasteiger partial charge in [0.05, 0.1) is 13.2 Å². The third-order valence-corrected chi connectivity index (χ3v) is 5.05. The maximum absolute atomic E-state index is 12.3. The number of benzene rings is 2. The second kappa shape index (κ2) is 8.54. The van der Waals surface area contributed by atoms with E-state index in [4.69, 9.17) is 15.2 Å². The Kier molecular flexibility index (Phi) is 6.11. The second-order valence-electron chi connectivity index (χ2n) is 7.20. The maximum Gasteiger partial charge on any atom is 0.251 e. The first-order valence-corrected chi connectivity index (χ1v) is 9.30. The number of primary amides is 1. The predicted molar refractivity (Wildman–Crippen MR) is 107 cm³/mol. The molecule has 2 aromatic rings. The van der Waals surface area contributed by atoms with Crippen LogP contribution in [0.5, 0.6) is 0 Å². The smallest absolute Gasteiger partial charge is 0.251 e. The molecule has 1 fully saturated rings. The van der Waals surface area contributed by atoms with Gasteiger partial charge in [0.1, 0.15) is 6.61 Å². The lowest BCUT2D eigenvalue weighted by Gasteiger charge is -2.40. The molecule has 1 saturated heterocycles. The monoisotopic (exact) mass is 382 g/mol. The Labute approximate surface area is 165 Å². The van der Waals surface area contributed by atoms with Gasteiger partial charge in [0.25, 0.3) is 5.91 Å². The minimum atomic E-state index is -1.23. The number of hydrogen-bond donors (Lipinski definition) is 1. The minimum absolute atomic E-state index is 0.0277. The third-order valence-electron chi connectivity index (χ3n) is 5.05. The quantitative estimate of drug-likeness (QED) is 0.828. The Balaban J connectivity index is 1.79. The van der Waals surface area contributed by atoms with Crippen LogP contribution in [0.4, 0.5) is 0 Å². The van der Waals surface area contributed by atoms with Crippen molar-refractivity contribution < 1.29 is 19.1 Å². The van der Waals surface area contributed by atoms with Gasteiger partial charge in [-0.1, -0.05) is 54.1 Å². The van der Waals surface area contributed by atoms with E-state index in [0.29, 0.717) is 13.0 Å². The van der Waals surface area contributed by atoms with E-state index in [9.17, 15) is 9.59 Å². The number of carbonyl (C=O) groups excluding carboxylic acids is 2. The van der Waals surface area contributed by atoms with E-state index in [-0.39, 0.29) is 25.7 Å². The zero-order valence-electron chi connectivity index (χ0n) is 16.3. The van der Waals surface area contributed by atoms with Crippen molar-refractivity contribution in [2.45, 2.75) is 18.9 Å². The normalized spacial score (nSPS) is 19.4. The van der Waals surface area contributed by atoms with Crippen LogP contribution >= 0.6 is 0 Å². The fraction of sp³-hybridized carbons (Fsp3) is 0.364. The molecule has 0 aromatic heterocycles. The summed E-state index contributed by atoms with van der Waals surface area (Å²) in [6.07, 6.45) is 0.313. The molecule has 0 aliphatic carbocycles. The summed E-state index contributed by atoms with van der Waals surface area (Å²) in [6.45, 7) is 2.85. The number of morpholine rings is 1. The van der Waals surface area contributed by atoms with Crippen molar-refractivity contribution in [1.82, 2.24) is 4.90 Å². The van der Waals surface area contributed by atoms with Crippen molar-refractivity contribution in [3.63, 3.8) is 0 Å².